The molecule has 0 unspecified atom stereocenters. The number of phenolic OH excluding ortho intramolecular Hbond substituents is 1. The molecule has 12 nitrogen and oxygen atoms in total. The van der Waals surface area contributed by atoms with Crippen molar-refractivity contribution in [1.29, 1.82) is 0 Å². The molecular weight excluding hydrogens is 452 g/mol. The zero-order chi connectivity index (χ0) is 23.8. The van der Waals surface area contributed by atoms with E-state index in [-0.39, 0.29) is 45.9 Å². The molecule has 0 saturated carbocycles. The molecule has 0 aliphatic carbocycles. The molecule has 13 heteroatoms. The molecule has 1 aromatic carbocycles. The molecule has 0 saturated heterocycles. The maximum absolute atomic E-state index is 11.7. The van der Waals surface area contributed by atoms with Gasteiger partial charge >= 0.3 is 0 Å². The van der Waals surface area contributed by atoms with Crippen LogP contribution < -0.4 is 9.46 Å². The van der Waals surface area contributed by atoms with Gasteiger partial charge in [-0.3, -0.25) is 9.29 Å². The lowest BCUT2D eigenvalue weighted by Crippen LogP contribution is -2.12. The number of phenols is 1. The number of para-hydroxylation sites is 1. The number of methoxy groups -OCH3 is 1. The minimum atomic E-state index is -3.78. The Morgan fingerprint density at radius 1 is 1.21 bits per heavy atom. The summed E-state index contributed by atoms with van der Waals surface area (Å²) in [5.41, 5.74) is 5.88. The van der Waals surface area contributed by atoms with Crippen LogP contribution in [0.15, 0.2) is 40.7 Å². The zero-order valence-electron chi connectivity index (χ0n) is 17.7. The first-order chi connectivity index (χ1) is 15.7. The number of nitrogens with one attached hydrogen (secondary N) is 1. The monoisotopic (exact) mass is 470 g/mol. The van der Waals surface area contributed by atoms with E-state index in [1.54, 1.807) is 19.1 Å². The van der Waals surface area contributed by atoms with E-state index < -0.39 is 21.7 Å². The van der Waals surface area contributed by atoms with Gasteiger partial charge < -0.3 is 19.7 Å². The topological polar surface area (TPSA) is 161 Å². The van der Waals surface area contributed by atoms with Crippen LogP contribution in [-0.2, 0) is 14.8 Å². The van der Waals surface area contributed by atoms with Crippen molar-refractivity contribution >= 4 is 38.7 Å². The number of aromatic nitrogens is 4. The Balaban J connectivity index is 2.08. The molecule has 0 bridgehead atoms. The summed E-state index contributed by atoms with van der Waals surface area (Å²) < 4.78 is 37.7. The van der Waals surface area contributed by atoms with Gasteiger partial charge in [0, 0.05) is 0 Å². The molecule has 1 aliphatic heterocycles. The average Bonchev–Trinajstić information content (AvgIpc) is 3.11. The summed E-state index contributed by atoms with van der Waals surface area (Å²) in [5, 5.41) is 20.9. The molecule has 3 heterocycles. The summed E-state index contributed by atoms with van der Waals surface area (Å²) >= 11 is 0. The first-order valence-electron chi connectivity index (χ1n) is 9.49. The van der Waals surface area contributed by atoms with E-state index in [0.717, 1.165) is 6.26 Å². The zero-order valence-corrected chi connectivity index (χ0v) is 18.5. The van der Waals surface area contributed by atoms with Crippen molar-refractivity contribution in [2.24, 2.45) is 4.99 Å². The van der Waals surface area contributed by atoms with Crippen LogP contribution in [0.3, 0.4) is 0 Å². The number of hydrogen-bond donors (Lipinski definition) is 3. The highest BCUT2D eigenvalue weighted by Crippen LogP contribution is 2.37. The highest BCUT2D eigenvalue weighted by atomic mass is 32.2. The molecule has 0 radical (unpaired) electrons. The first-order valence-corrected chi connectivity index (χ1v) is 11.4. The van der Waals surface area contributed by atoms with Gasteiger partial charge in [-0.05, 0) is 24.8 Å². The molecule has 0 atom stereocenters. The molecule has 2 aromatic heterocycles. The Hall–Kier alpha value is -4.31. The van der Waals surface area contributed by atoms with Crippen molar-refractivity contribution in [3.05, 3.63) is 41.6 Å². The molecular formula is C20H18N6O6S. The summed E-state index contributed by atoms with van der Waals surface area (Å²) in [7, 11) is -2.36. The number of sulfonamides is 1. The number of rotatable bonds is 6. The minimum Gasteiger partial charge on any atom is -0.506 e. The van der Waals surface area contributed by atoms with Gasteiger partial charge in [-0.15, -0.1) is 0 Å². The molecule has 0 amide bonds. The van der Waals surface area contributed by atoms with E-state index in [1.165, 1.54) is 23.8 Å². The lowest BCUT2D eigenvalue weighted by molar-refractivity contribution is 0.330. The number of fused-ring (bicyclic) bond motifs is 1. The highest BCUT2D eigenvalue weighted by Gasteiger charge is 2.26. The third kappa shape index (κ3) is 4.23. The Morgan fingerprint density at radius 3 is 2.70 bits per heavy atom. The average molecular weight is 470 g/mol. The van der Waals surface area contributed by atoms with Gasteiger partial charge in [0.25, 0.3) is 5.88 Å². The van der Waals surface area contributed by atoms with E-state index in [1.807, 2.05) is 0 Å². The largest absolute Gasteiger partial charge is 0.506 e. The van der Waals surface area contributed by atoms with E-state index in [4.69, 9.17) is 9.47 Å². The second-order valence-corrected chi connectivity index (χ2v) is 8.41. The van der Waals surface area contributed by atoms with E-state index in [2.05, 4.69) is 36.1 Å². The minimum absolute atomic E-state index is 0.00534. The van der Waals surface area contributed by atoms with Crippen LogP contribution in [0.1, 0.15) is 12.7 Å². The molecule has 1 aliphatic rings. The first kappa shape index (κ1) is 21.9. The Kier molecular flexibility index (Phi) is 5.52. The van der Waals surface area contributed by atoms with Gasteiger partial charge in [-0.1, -0.05) is 11.8 Å². The fourth-order valence-electron chi connectivity index (χ4n) is 3.06. The number of nitrogens with zero attached hydrogens (tertiary/aromatic N) is 5. The summed E-state index contributed by atoms with van der Waals surface area (Å²) in [5.74, 6) is -0.658. The van der Waals surface area contributed by atoms with E-state index in [0.29, 0.717) is 6.61 Å². The lowest BCUT2D eigenvalue weighted by Gasteiger charge is -2.14. The van der Waals surface area contributed by atoms with Gasteiger partial charge in [-0.2, -0.15) is 4.98 Å². The quantitative estimate of drug-likeness (QED) is 0.455. The maximum Gasteiger partial charge on any atom is 0.258 e. The SMILES string of the molecule is CCOC1=NC(c2nc3nc(O)c(NS(C)(=O)=O)nc3n2-c2c(O)cccc2OC)=C=C=C1. The van der Waals surface area contributed by atoms with Crippen LogP contribution in [0.2, 0.25) is 0 Å². The number of benzene rings is 1. The fraction of sp³-hybridized carbons (Fsp3) is 0.200. The van der Waals surface area contributed by atoms with Crippen LogP contribution in [0, 0.1) is 0 Å². The predicted octanol–water partition coefficient (Wildman–Crippen LogP) is 1.71. The molecule has 0 spiro atoms. The summed E-state index contributed by atoms with van der Waals surface area (Å²) in [4.78, 5) is 16.9. The number of aromatic hydroxyl groups is 2. The van der Waals surface area contributed by atoms with Gasteiger partial charge in [0.15, 0.2) is 17.2 Å². The summed E-state index contributed by atoms with van der Waals surface area (Å²) in [6, 6.07) is 4.61. The Labute approximate surface area is 187 Å². The van der Waals surface area contributed by atoms with Crippen LogP contribution in [0.5, 0.6) is 17.4 Å². The molecule has 3 aromatic rings. The number of imidazole rings is 1. The van der Waals surface area contributed by atoms with Crippen molar-refractivity contribution in [3.8, 4) is 23.1 Å². The molecule has 33 heavy (non-hydrogen) atoms. The second kappa shape index (κ2) is 8.32. The lowest BCUT2D eigenvalue weighted by atomic mass is 10.2. The van der Waals surface area contributed by atoms with Crippen molar-refractivity contribution in [2.45, 2.75) is 6.92 Å². The third-order valence-electron chi connectivity index (χ3n) is 4.29. The second-order valence-electron chi connectivity index (χ2n) is 6.66. The van der Waals surface area contributed by atoms with E-state index in [9.17, 15) is 18.6 Å². The van der Waals surface area contributed by atoms with Crippen molar-refractivity contribution in [1.82, 2.24) is 19.5 Å². The van der Waals surface area contributed by atoms with Crippen LogP contribution in [-0.4, -0.2) is 64.0 Å². The maximum atomic E-state index is 11.7. The molecule has 3 N–H and O–H groups in total. The van der Waals surface area contributed by atoms with Gasteiger partial charge in [0.05, 0.1) is 26.0 Å². The smallest absolute Gasteiger partial charge is 0.258 e. The number of anilines is 1. The number of hydrogen-bond acceptors (Lipinski definition) is 10. The van der Waals surface area contributed by atoms with Crippen molar-refractivity contribution < 1.29 is 28.1 Å². The standard InChI is InChI=1S/C20H18N6O6S/c1-4-32-14-10-5-7-11(21-14)18-22-16-19(23-17(20(28)24-16)25-33(3,29)30)26(18)15-12(27)8-6-9-13(15)31-2/h6,8-10,27H,4H2,1-3H3,(H,23,25)(H,24,28). The van der Waals surface area contributed by atoms with Gasteiger partial charge in [0.2, 0.25) is 27.4 Å². The summed E-state index contributed by atoms with van der Waals surface area (Å²) in [6.45, 7) is 2.17. The third-order valence-corrected chi connectivity index (χ3v) is 4.86. The fourth-order valence-corrected chi connectivity index (χ4v) is 3.55. The van der Waals surface area contributed by atoms with Crippen LogP contribution in [0.4, 0.5) is 5.82 Å². The predicted molar refractivity (Wildman–Crippen MR) is 119 cm³/mol. The van der Waals surface area contributed by atoms with Crippen molar-refractivity contribution in [3.63, 3.8) is 0 Å². The van der Waals surface area contributed by atoms with Gasteiger partial charge in [0.1, 0.15) is 17.2 Å². The molecule has 0 fully saturated rings. The number of aliphatic imine (C=N–C) groups is 1. The molecule has 170 valence electrons. The van der Waals surface area contributed by atoms with Crippen molar-refractivity contribution in [2.75, 3.05) is 24.7 Å². The summed E-state index contributed by atoms with van der Waals surface area (Å²) in [6.07, 6.45) is 2.40. The normalized spacial score (nSPS) is 13.1. The Bertz CT molecular complexity index is 1510. The number of ether oxygens (including phenoxy) is 2. The van der Waals surface area contributed by atoms with Gasteiger partial charge in [-0.25, -0.2) is 23.4 Å². The molecule has 4 rings (SSSR count). The van der Waals surface area contributed by atoms with Crippen LogP contribution in [0.25, 0.3) is 22.7 Å². The van der Waals surface area contributed by atoms with Crippen LogP contribution >= 0.6 is 0 Å². The highest BCUT2D eigenvalue weighted by molar-refractivity contribution is 7.92. The Morgan fingerprint density at radius 2 is 2.00 bits per heavy atom. The van der Waals surface area contributed by atoms with E-state index >= 15 is 0 Å².